The average Bonchev–Trinajstić information content (AvgIpc) is 2.39. The lowest BCUT2D eigenvalue weighted by atomic mass is 9.82. The number of nitrogens with one attached hydrogen (secondary N) is 1. The first-order chi connectivity index (χ1) is 5.29. The highest BCUT2D eigenvalue weighted by Gasteiger charge is 2.31. The van der Waals surface area contributed by atoms with E-state index in [-0.39, 0.29) is 0 Å². The zero-order valence-electron chi connectivity index (χ0n) is 9.20. The van der Waals surface area contributed by atoms with Crippen LogP contribution in [0.4, 0.5) is 0 Å². The van der Waals surface area contributed by atoms with Crippen molar-refractivity contribution in [3.05, 3.63) is 0 Å². The third kappa shape index (κ3) is 4.10. The maximum Gasteiger partial charge on any atom is 0.0132 e. The molecule has 0 aliphatic heterocycles. The van der Waals surface area contributed by atoms with Gasteiger partial charge < -0.3 is 5.32 Å². The fraction of sp³-hybridized carbons (Fsp3) is 1.00. The van der Waals surface area contributed by atoms with E-state index in [9.17, 15) is 0 Å². The van der Waals surface area contributed by atoms with Crippen molar-refractivity contribution in [3.8, 4) is 0 Å². The lowest BCUT2D eigenvalue weighted by Crippen LogP contribution is -2.43. The highest BCUT2D eigenvalue weighted by atomic mass is 15.0. The summed E-state index contributed by atoms with van der Waals surface area (Å²) in [7, 11) is 0. The Morgan fingerprint density at radius 2 is 1.58 bits per heavy atom. The fourth-order valence-corrected chi connectivity index (χ4v) is 2.16. The number of hydrogen-bond donors (Lipinski definition) is 1. The molecule has 1 heteroatoms. The van der Waals surface area contributed by atoms with E-state index < -0.39 is 0 Å². The molecule has 1 aliphatic carbocycles. The topological polar surface area (TPSA) is 12.0 Å². The Kier molecular flexibility index (Phi) is 2.53. The van der Waals surface area contributed by atoms with Gasteiger partial charge in [-0.1, -0.05) is 20.8 Å². The first-order valence-electron chi connectivity index (χ1n) is 5.06. The summed E-state index contributed by atoms with van der Waals surface area (Å²) in [4.78, 5) is 0. The molecular formula is C11H23N. The van der Waals surface area contributed by atoms with E-state index >= 15 is 0 Å². The quantitative estimate of drug-likeness (QED) is 0.685. The predicted octanol–water partition coefficient (Wildman–Crippen LogP) is 2.95. The van der Waals surface area contributed by atoms with Crippen molar-refractivity contribution in [1.29, 1.82) is 0 Å². The summed E-state index contributed by atoms with van der Waals surface area (Å²) in [5.74, 6) is 0. The molecule has 0 spiro atoms. The van der Waals surface area contributed by atoms with Crippen LogP contribution in [0.3, 0.4) is 0 Å². The van der Waals surface area contributed by atoms with E-state index in [4.69, 9.17) is 0 Å². The Balaban J connectivity index is 2.35. The minimum absolute atomic E-state index is 0.319. The Morgan fingerprint density at radius 1 is 1.08 bits per heavy atom. The lowest BCUT2D eigenvalue weighted by Gasteiger charge is -2.33. The molecule has 0 aromatic carbocycles. The molecule has 1 rings (SSSR count). The molecule has 1 nitrogen and oxygen atoms in total. The summed E-state index contributed by atoms with van der Waals surface area (Å²) < 4.78 is 0. The largest absolute Gasteiger partial charge is 0.309 e. The normalized spacial score (nSPS) is 19.8. The van der Waals surface area contributed by atoms with Crippen LogP contribution in [0.1, 0.15) is 53.9 Å². The summed E-state index contributed by atoms with van der Waals surface area (Å²) in [5, 5.41) is 3.69. The van der Waals surface area contributed by atoms with Crippen molar-refractivity contribution in [2.75, 3.05) is 0 Å². The molecule has 12 heavy (non-hydrogen) atoms. The van der Waals surface area contributed by atoms with Crippen LogP contribution in [0.25, 0.3) is 0 Å². The van der Waals surface area contributed by atoms with Crippen molar-refractivity contribution in [1.82, 2.24) is 5.32 Å². The molecule has 1 aliphatic rings. The molecular weight excluding hydrogens is 146 g/mol. The highest BCUT2D eigenvalue weighted by molar-refractivity contribution is 4.91. The van der Waals surface area contributed by atoms with Crippen molar-refractivity contribution < 1.29 is 0 Å². The molecule has 0 heterocycles. The summed E-state index contributed by atoms with van der Waals surface area (Å²) in [6.45, 7) is 11.6. The Morgan fingerprint density at radius 3 is 1.92 bits per heavy atom. The summed E-state index contributed by atoms with van der Waals surface area (Å²) in [5.41, 5.74) is 0.755. The zero-order chi connectivity index (χ0) is 9.41. The van der Waals surface area contributed by atoms with E-state index in [1.54, 1.807) is 0 Å². The fourth-order valence-electron chi connectivity index (χ4n) is 2.16. The van der Waals surface area contributed by atoms with Crippen LogP contribution < -0.4 is 5.32 Å². The van der Waals surface area contributed by atoms with Gasteiger partial charge in [0.1, 0.15) is 0 Å². The Bertz CT molecular complexity index is 149. The van der Waals surface area contributed by atoms with Gasteiger partial charge in [0, 0.05) is 11.6 Å². The zero-order valence-corrected chi connectivity index (χ0v) is 9.20. The molecule has 0 radical (unpaired) electrons. The van der Waals surface area contributed by atoms with Crippen LogP contribution in [0.15, 0.2) is 0 Å². The first-order valence-corrected chi connectivity index (χ1v) is 5.06. The van der Waals surface area contributed by atoms with Gasteiger partial charge in [-0.25, -0.2) is 0 Å². The van der Waals surface area contributed by atoms with Gasteiger partial charge >= 0.3 is 0 Å². The van der Waals surface area contributed by atoms with Crippen LogP contribution in [0, 0.1) is 5.41 Å². The Hall–Kier alpha value is -0.0400. The Labute approximate surface area is 76.9 Å². The molecule has 0 atom stereocenters. The third-order valence-corrected chi connectivity index (χ3v) is 2.14. The maximum atomic E-state index is 3.69. The van der Waals surface area contributed by atoms with Crippen molar-refractivity contribution in [2.45, 2.75) is 65.5 Å². The molecule has 72 valence electrons. The molecule has 1 N–H and O–H groups in total. The van der Waals surface area contributed by atoms with Crippen molar-refractivity contribution in [3.63, 3.8) is 0 Å². The lowest BCUT2D eigenvalue weighted by molar-refractivity contribution is 0.240. The van der Waals surface area contributed by atoms with E-state index in [0.29, 0.717) is 11.0 Å². The monoisotopic (exact) mass is 169 g/mol. The molecule has 1 fully saturated rings. The van der Waals surface area contributed by atoms with Crippen molar-refractivity contribution in [2.24, 2.45) is 5.41 Å². The minimum atomic E-state index is 0.319. The SMILES string of the molecule is CC(C)(C)CC(C)(C)NC1CC1. The first kappa shape index (κ1) is 10.0. The molecule has 0 unspecified atom stereocenters. The van der Waals surface area contributed by atoms with E-state index in [0.717, 1.165) is 6.04 Å². The number of rotatable bonds is 3. The van der Waals surface area contributed by atoms with Gasteiger partial charge in [0.25, 0.3) is 0 Å². The maximum absolute atomic E-state index is 3.69. The molecule has 0 amide bonds. The molecule has 0 aromatic heterocycles. The van der Waals surface area contributed by atoms with Gasteiger partial charge in [-0.3, -0.25) is 0 Å². The van der Waals surface area contributed by atoms with Gasteiger partial charge in [-0.05, 0) is 38.5 Å². The van der Waals surface area contributed by atoms with Gasteiger partial charge in [0.15, 0.2) is 0 Å². The summed E-state index contributed by atoms with van der Waals surface area (Å²) in [6, 6.07) is 0.822. The van der Waals surface area contributed by atoms with Crippen LogP contribution in [0.2, 0.25) is 0 Å². The molecule has 0 aromatic rings. The van der Waals surface area contributed by atoms with Crippen LogP contribution in [0.5, 0.6) is 0 Å². The minimum Gasteiger partial charge on any atom is -0.309 e. The van der Waals surface area contributed by atoms with Gasteiger partial charge in [0.2, 0.25) is 0 Å². The van der Waals surface area contributed by atoms with E-state index in [1.165, 1.54) is 19.3 Å². The van der Waals surface area contributed by atoms with Gasteiger partial charge in [-0.2, -0.15) is 0 Å². The summed E-state index contributed by atoms with van der Waals surface area (Å²) >= 11 is 0. The third-order valence-electron chi connectivity index (χ3n) is 2.14. The smallest absolute Gasteiger partial charge is 0.0132 e. The molecule has 0 saturated heterocycles. The van der Waals surface area contributed by atoms with E-state index in [1.807, 2.05) is 0 Å². The van der Waals surface area contributed by atoms with Crippen molar-refractivity contribution >= 4 is 0 Å². The number of hydrogen-bond acceptors (Lipinski definition) is 1. The van der Waals surface area contributed by atoms with Gasteiger partial charge in [-0.15, -0.1) is 0 Å². The van der Waals surface area contributed by atoms with Gasteiger partial charge in [0.05, 0.1) is 0 Å². The molecule has 1 saturated carbocycles. The van der Waals surface area contributed by atoms with Crippen LogP contribution in [-0.4, -0.2) is 11.6 Å². The second-order valence-electron chi connectivity index (χ2n) is 6.04. The van der Waals surface area contributed by atoms with Crippen LogP contribution >= 0.6 is 0 Å². The highest BCUT2D eigenvalue weighted by Crippen LogP contribution is 2.30. The summed E-state index contributed by atoms with van der Waals surface area (Å²) in [6.07, 6.45) is 4.01. The molecule has 0 bridgehead atoms. The second kappa shape index (κ2) is 3.02. The standard InChI is InChI=1S/C11H23N/c1-10(2,3)8-11(4,5)12-9-6-7-9/h9,12H,6-8H2,1-5H3. The second-order valence-corrected chi connectivity index (χ2v) is 6.04. The van der Waals surface area contributed by atoms with Crippen LogP contribution in [-0.2, 0) is 0 Å². The van der Waals surface area contributed by atoms with E-state index in [2.05, 4.69) is 39.9 Å². The predicted molar refractivity (Wildman–Crippen MR) is 54.3 cm³/mol. The average molecular weight is 169 g/mol.